The van der Waals surface area contributed by atoms with Crippen LogP contribution in [0.15, 0.2) is 24.3 Å². The number of rotatable bonds is 3. The third kappa shape index (κ3) is 3.14. The van der Waals surface area contributed by atoms with Gasteiger partial charge in [0.1, 0.15) is 5.69 Å². The van der Waals surface area contributed by atoms with Gasteiger partial charge in [0.2, 0.25) is 0 Å². The van der Waals surface area contributed by atoms with Gasteiger partial charge in [-0.1, -0.05) is 0 Å². The Labute approximate surface area is 153 Å². The van der Waals surface area contributed by atoms with Crippen molar-refractivity contribution in [2.24, 2.45) is 0 Å². The average molecular weight is 351 g/mol. The lowest BCUT2D eigenvalue weighted by atomic mass is 9.94. The van der Waals surface area contributed by atoms with Crippen molar-refractivity contribution in [2.75, 3.05) is 23.3 Å². The molecular formula is C21H25N3O2. The van der Waals surface area contributed by atoms with E-state index < -0.39 is 0 Å². The van der Waals surface area contributed by atoms with Crippen LogP contribution in [-0.2, 0) is 6.42 Å². The standard InChI is InChI=1S/C21H25N3O2/c1-14-19-17(6-5-7-18(19)25)23-20(14)21(26)22-15-8-10-16(11-9-15)24-12-3-2-4-13-24/h8-11,23H,2-7,12-13H2,1H3,(H,22,26). The van der Waals surface area contributed by atoms with Crippen molar-refractivity contribution in [3.05, 3.63) is 46.8 Å². The Kier molecular flexibility index (Phi) is 4.53. The summed E-state index contributed by atoms with van der Waals surface area (Å²) in [5.74, 6) is -0.0413. The van der Waals surface area contributed by atoms with E-state index in [1.165, 1.54) is 24.9 Å². The fourth-order valence-corrected chi connectivity index (χ4v) is 4.10. The Morgan fingerprint density at radius 3 is 2.46 bits per heavy atom. The molecule has 5 nitrogen and oxygen atoms in total. The Morgan fingerprint density at radius 2 is 1.77 bits per heavy atom. The molecule has 4 rings (SSSR count). The van der Waals surface area contributed by atoms with Gasteiger partial charge in [0.15, 0.2) is 5.78 Å². The SMILES string of the molecule is Cc1c(C(=O)Nc2ccc(N3CCCCC3)cc2)[nH]c2c1C(=O)CCC2. The van der Waals surface area contributed by atoms with Gasteiger partial charge in [-0.05, 0) is 68.9 Å². The number of benzene rings is 1. The molecule has 0 spiro atoms. The van der Waals surface area contributed by atoms with Crippen molar-refractivity contribution in [1.29, 1.82) is 0 Å². The number of carbonyl (C=O) groups excluding carboxylic acids is 2. The van der Waals surface area contributed by atoms with Gasteiger partial charge < -0.3 is 15.2 Å². The van der Waals surface area contributed by atoms with Gasteiger partial charge in [-0.25, -0.2) is 0 Å². The smallest absolute Gasteiger partial charge is 0.272 e. The Hall–Kier alpha value is -2.56. The van der Waals surface area contributed by atoms with Gasteiger partial charge in [0.25, 0.3) is 5.91 Å². The van der Waals surface area contributed by atoms with E-state index in [1.807, 2.05) is 19.1 Å². The van der Waals surface area contributed by atoms with E-state index in [-0.39, 0.29) is 11.7 Å². The number of hydrogen-bond donors (Lipinski definition) is 2. The van der Waals surface area contributed by atoms with Crippen molar-refractivity contribution in [2.45, 2.75) is 45.4 Å². The maximum atomic E-state index is 12.7. The molecule has 0 radical (unpaired) electrons. The van der Waals surface area contributed by atoms with Gasteiger partial charge in [-0.3, -0.25) is 9.59 Å². The lowest BCUT2D eigenvalue weighted by Gasteiger charge is -2.28. The fourth-order valence-electron chi connectivity index (χ4n) is 4.10. The van der Waals surface area contributed by atoms with Crippen LogP contribution in [0.3, 0.4) is 0 Å². The Bertz CT molecular complexity index is 830. The normalized spacial score (nSPS) is 17.1. The Morgan fingerprint density at radius 1 is 1.04 bits per heavy atom. The van der Waals surface area contributed by atoms with E-state index in [9.17, 15) is 9.59 Å². The predicted octanol–water partition coefficient (Wildman–Crippen LogP) is 4.08. The molecule has 1 saturated heterocycles. The summed E-state index contributed by atoms with van der Waals surface area (Å²) >= 11 is 0. The molecule has 2 N–H and O–H groups in total. The number of anilines is 2. The molecule has 0 bridgehead atoms. The predicted molar refractivity (Wildman–Crippen MR) is 103 cm³/mol. The minimum atomic E-state index is -0.185. The van der Waals surface area contributed by atoms with Gasteiger partial charge in [-0.15, -0.1) is 0 Å². The van der Waals surface area contributed by atoms with E-state index in [1.54, 1.807) is 0 Å². The lowest BCUT2D eigenvalue weighted by molar-refractivity contribution is 0.0971. The summed E-state index contributed by atoms with van der Waals surface area (Å²) < 4.78 is 0. The number of H-pyrrole nitrogens is 1. The summed E-state index contributed by atoms with van der Waals surface area (Å²) in [7, 11) is 0. The molecular weight excluding hydrogens is 326 g/mol. The highest BCUT2D eigenvalue weighted by Gasteiger charge is 2.26. The van der Waals surface area contributed by atoms with Gasteiger partial charge >= 0.3 is 0 Å². The first-order valence-electron chi connectivity index (χ1n) is 9.54. The molecule has 26 heavy (non-hydrogen) atoms. The third-order valence-corrected chi connectivity index (χ3v) is 5.51. The number of carbonyl (C=O) groups is 2. The first-order chi connectivity index (χ1) is 12.6. The number of aryl methyl sites for hydroxylation is 1. The third-order valence-electron chi connectivity index (χ3n) is 5.51. The van der Waals surface area contributed by atoms with Crippen LogP contribution in [0.1, 0.15) is 64.2 Å². The topological polar surface area (TPSA) is 65.2 Å². The number of amides is 1. The number of piperidine rings is 1. The molecule has 0 saturated carbocycles. The molecule has 5 heteroatoms. The number of hydrogen-bond acceptors (Lipinski definition) is 3. The molecule has 0 unspecified atom stereocenters. The zero-order valence-electron chi connectivity index (χ0n) is 15.2. The minimum absolute atomic E-state index is 0.143. The highest BCUT2D eigenvalue weighted by molar-refractivity contribution is 6.08. The molecule has 2 aliphatic rings. The zero-order valence-corrected chi connectivity index (χ0v) is 15.2. The van der Waals surface area contributed by atoms with Crippen LogP contribution in [0.5, 0.6) is 0 Å². The summed E-state index contributed by atoms with van der Waals surface area (Å²) in [6.07, 6.45) is 6.06. The summed E-state index contributed by atoms with van der Waals surface area (Å²) in [6, 6.07) is 8.03. The molecule has 1 aromatic carbocycles. The second-order valence-corrected chi connectivity index (χ2v) is 7.30. The minimum Gasteiger partial charge on any atom is -0.372 e. The number of fused-ring (bicyclic) bond motifs is 1. The number of aromatic amines is 1. The first kappa shape index (κ1) is 16.9. The van der Waals surface area contributed by atoms with E-state index in [0.717, 1.165) is 48.4 Å². The second kappa shape index (κ2) is 6.98. The van der Waals surface area contributed by atoms with Gasteiger partial charge in [-0.2, -0.15) is 0 Å². The summed E-state index contributed by atoms with van der Waals surface area (Å²) in [6.45, 7) is 4.06. The maximum absolute atomic E-state index is 12.7. The zero-order chi connectivity index (χ0) is 18.1. The number of nitrogens with one attached hydrogen (secondary N) is 2. The van der Waals surface area contributed by atoms with Crippen LogP contribution in [0, 0.1) is 6.92 Å². The second-order valence-electron chi connectivity index (χ2n) is 7.30. The van der Waals surface area contributed by atoms with Crippen molar-refractivity contribution >= 4 is 23.1 Å². The number of aromatic nitrogens is 1. The van der Waals surface area contributed by atoms with E-state index in [4.69, 9.17) is 0 Å². The largest absolute Gasteiger partial charge is 0.372 e. The van der Waals surface area contributed by atoms with E-state index in [2.05, 4.69) is 27.3 Å². The molecule has 0 atom stereocenters. The first-order valence-corrected chi connectivity index (χ1v) is 9.54. The fraction of sp³-hybridized carbons (Fsp3) is 0.429. The van der Waals surface area contributed by atoms with Crippen LogP contribution in [0.4, 0.5) is 11.4 Å². The Balaban J connectivity index is 1.49. The average Bonchev–Trinajstić information content (AvgIpc) is 3.01. The lowest BCUT2D eigenvalue weighted by Crippen LogP contribution is -2.29. The molecule has 1 fully saturated rings. The highest BCUT2D eigenvalue weighted by atomic mass is 16.2. The molecule has 2 aromatic rings. The molecule has 1 amide bonds. The molecule has 2 heterocycles. The summed E-state index contributed by atoms with van der Waals surface area (Å²) in [5.41, 5.74) is 4.89. The number of Topliss-reactive ketones (excluding diaryl/α,β-unsaturated/α-hetero) is 1. The van der Waals surface area contributed by atoms with Crippen molar-refractivity contribution in [3.63, 3.8) is 0 Å². The summed E-state index contributed by atoms with van der Waals surface area (Å²) in [5, 5.41) is 2.95. The van der Waals surface area contributed by atoms with Crippen LogP contribution >= 0.6 is 0 Å². The molecule has 1 aromatic heterocycles. The van der Waals surface area contributed by atoms with E-state index in [0.29, 0.717) is 12.1 Å². The van der Waals surface area contributed by atoms with Crippen molar-refractivity contribution < 1.29 is 9.59 Å². The van der Waals surface area contributed by atoms with E-state index >= 15 is 0 Å². The van der Waals surface area contributed by atoms with Crippen LogP contribution in [0.2, 0.25) is 0 Å². The highest BCUT2D eigenvalue weighted by Crippen LogP contribution is 2.27. The van der Waals surface area contributed by atoms with Crippen LogP contribution < -0.4 is 10.2 Å². The molecule has 1 aliphatic heterocycles. The molecule has 136 valence electrons. The molecule has 1 aliphatic carbocycles. The van der Waals surface area contributed by atoms with Crippen LogP contribution in [-0.4, -0.2) is 29.8 Å². The monoisotopic (exact) mass is 351 g/mol. The van der Waals surface area contributed by atoms with Crippen molar-refractivity contribution in [1.82, 2.24) is 4.98 Å². The van der Waals surface area contributed by atoms with Gasteiger partial charge in [0.05, 0.1) is 0 Å². The maximum Gasteiger partial charge on any atom is 0.272 e. The summed E-state index contributed by atoms with van der Waals surface area (Å²) in [4.78, 5) is 30.4. The number of ketones is 1. The quantitative estimate of drug-likeness (QED) is 0.875. The van der Waals surface area contributed by atoms with Gasteiger partial charge in [0, 0.05) is 42.1 Å². The van der Waals surface area contributed by atoms with Crippen molar-refractivity contribution in [3.8, 4) is 0 Å². The van der Waals surface area contributed by atoms with Crippen LogP contribution in [0.25, 0.3) is 0 Å². The number of nitrogens with zero attached hydrogens (tertiary/aromatic N) is 1.